The summed E-state index contributed by atoms with van der Waals surface area (Å²) in [6.45, 7) is 6.93. The van der Waals surface area contributed by atoms with Crippen LogP contribution >= 0.6 is 11.6 Å². The Hall–Kier alpha value is -1.06. The van der Waals surface area contributed by atoms with Crippen LogP contribution in [-0.4, -0.2) is 22.3 Å². The van der Waals surface area contributed by atoms with Crippen molar-refractivity contribution >= 4 is 22.6 Å². The van der Waals surface area contributed by atoms with E-state index in [1.54, 1.807) is 7.11 Å². The Kier molecular flexibility index (Phi) is 3.64. The molecule has 0 aliphatic rings. The zero-order valence-electron chi connectivity index (χ0n) is 11.3. The second-order valence-electron chi connectivity index (χ2n) is 5.20. The molecule has 0 saturated carbocycles. The SMILES string of the molecule is COC(C)(C)Cn1c(CCl)nc2cc(C)ccc21. The molecule has 0 atom stereocenters. The fourth-order valence-corrected chi connectivity index (χ4v) is 2.22. The number of aryl methyl sites for hydroxylation is 1. The molecule has 0 amide bonds. The highest BCUT2D eigenvalue weighted by molar-refractivity contribution is 6.16. The lowest BCUT2D eigenvalue weighted by Gasteiger charge is -2.24. The molecule has 0 aliphatic heterocycles. The molecule has 1 aromatic carbocycles. The Bertz CT molecular complexity index is 560. The lowest BCUT2D eigenvalue weighted by atomic mass is 10.1. The van der Waals surface area contributed by atoms with Gasteiger partial charge in [0, 0.05) is 7.11 Å². The van der Waals surface area contributed by atoms with E-state index in [4.69, 9.17) is 16.3 Å². The molecule has 3 nitrogen and oxygen atoms in total. The predicted molar refractivity (Wildman–Crippen MR) is 75.1 cm³/mol. The molecule has 0 aliphatic carbocycles. The first-order valence-electron chi connectivity index (χ1n) is 6.04. The van der Waals surface area contributed by atoms with Gasteiger partial charge in [-0.3, -0.25) is 0 Å². The van der Waals surface area contributed by atoms with Gasteiger partial charge in [-0.25, -0.2) is 4.98 Å². The number of hydrogen-bond donors (Lipinski definition) is 0. The summed E-state index contributed by atoms with van der Waals surface area (Å²) in [6.07, 6.45) is 0. The number of halogens is 1. The molecule has 0 radical (unpaired) electrons. The van der Waals surface area contributed by atoms with E-state index < -0.39 is 0 Å². The lowest BCUT2D eigenvalue weighted by molar-refractivity contribution is 0.00854. The van der Waals surface area contributed by atoms with Gasteiger partial charge in [-0.05, 0) is 38.5 Å². The molecule has 98 valence electrons. The maximum Gasteiger partial charge on any atom is 0.124 e. The first-order valence-corrected chi connectivity index (χ1v) is 6.57. The second kappa shape index (κ2) is 4.90. The Labute approximate surface area is 113 Å². The molecular weight excluding hydrogens is 248 g/mol. The number of imidazole rings is 1. The van der Waals surface area contributed by atoms with Crippen molar-refractivity contribution < 1.29 is 4.74 Å². The van der Waals surface area contributed by atoms with Crippen LogP contribution in [0.2, 0.25) is 0 Å². The van der Waals surface area contributed by atoms with Crippen molar-refractivity contribution in [3.63, 3.8) is 0 Å². The highest BCUT2D eigenvalue weighted by Gasteiger charge is 2.21. The molecule has 1 heterocycles. The van der Waals surface area contributed by atoms with Gasteiger partial charge in [-0.2, -0.15) is 0 Å². The summed E-state index contributed by atoms with van der Waals surface area (Å²) in [5.41, 5.74) is 3.08. The fourth-order valence-electron chi connectivity index (χ4n) is 2.01. The molecule has 18 heavy (non-hydrogen) atoms. The third-order valence-electron chi connectivity index (χ3n) is 3.19. The standard InChI is InChI=1S/C14H19ClN2O/c1-10-5-6-12-11(7-10)16-13(8-15)17(12)9-14(2,3)18-4/h5-7H,8-9H2,1-4H3. The van der Waals surface area contributed by atoms with Crippen molar-refractivity contribution in [3.05, 3.63) is 29.6 Å². The average molecular weight is 267 g/mol. The van der Waals surface area contributed by atoms with Crippen molar-refractivity contribution in [1.29, 1.82) is 0 Å². The molecule has 0 bridgehead atoms. The topological polar surface area (TPSA) is 27.1 Å². The maximum absolute atomic E-state index is 5.99. The zero-order valence-corrected chi connectivity index (χ0v) is 12.1. The number of aromatic nitrogens is 2. The van der Waals surface area contributed by atoms with Crippen LogP contribution in [0, 0.1) is 6.92 Å². The van der Waals surface area contributed by atoms with Crippen molar-refractivity contribution in [1.82, 2.24) is 9.55 Å². The molecule has 1 aromatic heterocycles. The Morgan fingerprint density at radius 3 is 2.72 bits per heavy atom. The van der Waals surface area contributed by atoms with E-state index >= 15 is 0 Å². The van der Waals surface area contributed by atoms with E-state index in [0.29, 0.717) is 5.88 Å². The fraction of sp³-hybridized carbons (Fsp3) is 0.500. The van der Waals surface area contributed by atoms with Crippen LogP contribution in [0.5, 0.6) is 0 Å². The first kappa shape index (κ1) is 13.4. The molecule has 2 rings (SSSR count). The van der Waals surface area contributed by atoms with E-state index in [9.17, 15) is 0 Å². The number of rotatable bonds is 4. The van der Waals surface area contributed by atoms with Gasteiger partial charge in [0.15, 0.2) is 0 Å². The number of hydrogen-bond acceptors (Lipinski definition) is 2. The van der Waals surface area contributed by atoms with Gasteiger partial charge in [0.2, 0.25) is 0 Å². The van der Waals surface area contributed by atoms with Gasteiger partial charge in [0.05, 0.1) is 29.1 Å². The van der Waals surface area contributed by atoms with Crippen LogP contribution in [0.3, 0.4) is 0 Å². The van der Waals surface area contributed by atoms with E-state index in [1.807, 2.05) is 0 Å². The number of alkyl halides is 1. The van der Waals surface area contributed by atoms with Gasteiger partial charge in [-0.15, -0.1) is 11.6 Å². The van der Waals surface area contributed by atoms with Crippen molar-refractivity contribution in [2.45, 2.75) is 38.8 Å². The minimum Gasteiger partial charge on any atom is -0.377 e. The monoisotopic (exact) mass is 266 g/mol. The van der Waals surface area contributed by atoms with Gasteiger partial charge >= 0.3 is 0 Å². The quantitative estimate of drug-likeness (QED) is 0.792. The van der Waals surface area contributed by atoms with Crippen LogP contribution in [-0.2, 0) is 17.2 Å². The summed E-state index contributed by atoms with van der Waals surface area (Å²) in [4.78, 5) is 4.59. The molecule has 0 fully saturated rings. The summed E-state index contributed by atoms with van der Waals surface area (Å²) >= 11 is 5.99. The number of benzene rings is 1. The van der Waals surface area contributed by atoms with Crippen LogP contribution in [0.1, 0.15) is 25.2 Å². The first-order chi connectivity index (χ1) is 8.46. The van der Waals surface area contributed by atoms with Crippen molar-refractivity contribution in [2.75, 3.05) is 7.11 Å². The van der Waals surface area contributed by atoms with Gasteiger partial charge in [0.25, 0.3) is 0 Å². The number of fused-ring (bicyclic) bond motifs is 1. The summed E-state index contributed by atoms with van der Waals surface area (Å²) in [5.74, 6) is 1.30. The number of ether oxygens (including phenoxy) is 1. The molecule has 0 saturated heterocycles. The van der Waals surface area contributed by atoms with Gasteiger partial charge in [0.1, 0.15) is 5.82 Å². The van der Waals surface area contributed by atoms with Crippen molar-refractivity contribution in [2.24, 2.45) is 0 Å². The molecule has 0 N–H and O–H groups in total. The average Bonchev–Trinajstić information content (AvgIpc) is 2.66. The molecule has 0 unspecified atom stereocenters. The zero-order chi connectivity index (χ0) is 13.3. The van der Waals surface area contributed by atoms with Crippen LogP contribution in [0.15, 0.2) is 18.2 Å². The highest BCUT2D eigenvalue weighted by Crippen LogP contribution is 2.22. The van der Waals surface area contributed by atoms with E-state index in [1.165, 1.54) is 5.56 Å². The summed E-state index contributed by atoms with van der Waals surface area (Å²) in [7, 11) is 1.73. The maximum atomic E-state index is 5.99. The minimum absolute atomic E-state index is 0.237. The number of methoxy groups -OCH3 is 1. The summed E-state index contributed by atoms with van der Waals surface area (Å²) in [6, 6.07) is 6.28. The Balaban J connectivity index is 2.53. The molecule has 0 spiro atoms. The summed E-state index contributed by atoms with van der Waals surface area (Å²) in [5, 5.41) is 0. The Morgan fingerprint density at radius 1 is 1.39 bits per heavy atom. The highest BCUT2D eigenvalue weighted by atomic mass is 35.5. The smallest absolute Gasteiger partial charge is 0.124 e. The van der Waals surface area contributed by atoms with Crippen LogP contribution < -0.4 is 0 Å². The van der Waals surface area contributed by atoms with Gasteiger partial charge in [-0.1, -0.05) is 6.07 Å². The third-order valence-corrected chi connectivity index (χ3v) is 3.43. The number of nitrogens with zero attached hydrogens (tertiary/aromatic N) is 2. The van der Waals surface area contributed by atoms with Crippen LogP contribution in [0.25, 0.3) is 11.0 Å². The molecule has 4 heteroatoms. The Morgan fingerprint density at radius 2 is 2.11 bits per heavy atom. The van der Waals surface area contributed by atoms with E-state index in [2.05, 4.69) is 48.5 Å². The molecular formula is C14H19ClN2O. The normalized spacial score (nSPS) is 12.3. The van der Waals surface area contributed by atoms with Crippen molar-refractivity contribution in [3.8, 4) is 0 Å². The van der Waals surface area contributed by atoms with Crippen LogP contribution in [0.4, 0.5) is 0 Å². The predicted octanol–water partition coefficient (Wildman–Crippen LogP) is 3.51. The second-order valence-corrected chi connectivity index (χ2v) is 5.47. The van der Waals surface area contributed by atoms with Gasteiger partial charge < -0.3 is 9.30 Å². The molecule has 2 aromatic rings. The van der Waals surface area contributed by atoms with E-state index in [0.717, 1.165) is 23.4 Å². The lowest BCUT2D eigenvalue weighted by Crippen LogP contribution is -2.29. The summed E-state index contributed by atoms with van der Waals surface area (Å²) < 4.78 is 7.64. The minimum atomic E-state index is -0.237. The third kappa shape index (κ3) is 2.52. The van der Waals surface area contributed by atoms with E-state index in [-0.39, 0.29) is 5.60 Å². The largest absolute Gasteiger partial charge is 0.377 e.